The summed E-state index contributed by atoms with van der Waals surface area (Å²) in [6.07, 6.45) is 0. The van der Waals surface area contributed by atoms with Gasteiger partial charge in [0, 0.05) is 36.4 Å². The van der Waals surface area contributed by atoms with E-state index >= 15 is 0 Å². The summed E-state index contributed by atoms with van der Waals surface area (Å²) in [5, 5.41) is 56.5. The first kappa shape index (κ1) is 69.0. The maximum atomic E-state index is 12.1. The molecule has 0 aliphatic heterocycles. The smallest absolute Gasteiger partial charge is 0.341 e. The number of ether oxygens (including phenoxy) is 12. The molecule has 0 aliphatic rings. The molecule has 9 aromatic rings. The highest BCUT2D eigenvalue weighted by Gasteiger charge is 2.25. The van der Waals surface area contributed by atoms with Crippen molar-refractivity contribution in [1.29, 1.82) is 31.6 Å². The lowest BCUT2D eigenvalue weighted by molar-refractivity contribution is 0.0588. The first-order valence-corrected chi connectivity index (χ1v) is 27.6. The largest absolute Gasteiger partial charge is 0.465 e. The van der Waals surface area contributed by atoms with E-state index in [0.29, 0.717) is 0 Å². The standard InChI is InChI=1S/3C24H16N2O6/c3*1-29-23(27)17-7-3-5-9-19(17)31-21-11-15(13-25)16(14-26)12-22(21)32-20-10-6-4-8-18(20)24(28)30-2/h3*3-12H,1-2H3. The molecule has 0 aliphatic carbocycles. The molecule has 474 valence electrons. The van der Waals surface area contributed by atoms with Gasteiger partial charge >= 0.3 is 35.8 Å². The van der Waals surface area contributed by atoms with Gasteiger partial charge in [-0.15, -0.1) is 0 Å². The predicted molar refractivity (Wildman–Crippen MR) is 335 cm³/mol. The highest BCUT2D eigenvalue weighted by Crippen LogP contribution is 2.43. The number of para-hydroxylation sites is 6. The normalized spacial score (nSPS) is 9.75. The average Bonchev–Trinajstić information content (AvgIpc) is 0.823. The summed E-state index contributed by atoms with van der Waals surface area (Å²) in [5.41, 5.74) is 1.20. The second-order valence-corrected chi connectivity index (χ2v) is 18.7. The minimum Gasteiger partial charge on any atom is -0.465 e. The molecule has 9 rings (SSSR count). The lowest BCUT2D eigenvalue weighted by atomic mass is 10.1. The molecule has 0 amide bonds. The van der Waals surface area contributed by atoms with Gasteiger partial charge in [0.1, 0.15) is 104 Å². The van der Waals surface area contributed by atoms with Gasteiger partial charge in [0.05, 0.1) is 76.0 Å². The van der Waals surface area contributed by atoms with Crippen molar-refractivity contribution in [3.8, 4) is 105 Å². The first-order chi connectivity index (χ1) is 46.5. The minimum absolute atomic E-state index is 0.0478. The van der Waals surface area contributed by atoms with Crippen molar-refractivity contribution in [3.05, 3.63) is 249 Å². The lowest BCUT2D eigenvalue weighted by Gasteiger charge is -2.16. The van der Waals surface area contributed by atoms with Crippen molar-refractivity contribution >= 4 is 35.8 Å². The van der Waals surface area contributed by atoms with E-state index in [1.165, 1.54) is 115 Å². The molecule has 0 radical (unpaired) electrons. The van der Waals surface area contributed by atoms with Crippen LogP contribution in [0.25, 0.3) is 0 Å². The molecule has 0 fully saturated rings. The molecular weight excluding hydrogens is 1240 g/mol. The van der Waals surface area contributed by atoms with Gasteiger partial charge in [-0.2, -0.15) is 31.6 Å². The minimum atomic E-state index is -0.617. The van der Waals surface area contributed by atoms with Crippen LogP contribution in [0.4, 0.5) is 0 Å². The number of carbonyl (C=O) groups excluding carboxylic acids is 6. The van der Waals surface area contributed by atoms with Gasteiger partial charge in [-0.25, -0.2) is 28.8 Å². The zero-order valence-corrected chi connectivity index (χ0v) is 51.4. The van der Waals surface area contributed by atoms with Crippen LogP contribution < -0.4 is 28.4 Å². The topological polar surface area (TPSA) is 356 Å². The summed E-state index contributed by atoms with van der Waals surface area (Å²) in [5.74, 6) is -2.48. The fraction of sp³-hybridized carbons (Fsp3) is 0.0833. The molecule has 0 heterocycles. The Bertz CT molecular complexity index is 3990. The van der Waals surface area contributed by atoms with Gasteiger partial charge in [-0.05, 0) is 72.8 Å². The maximum Gasteiger partial charge on any atom is 0.341 e. The molecule has 0 unspecified atom stereocenters. The summed E-state index contributed by atoms with van der Waals surface area (Å²) in [6.45, 7) is 0. The van der Waals surface area contributed by atoms with Crippen LogP contribution in [0.3, 0.4) is 0 Å². The van der Waals surface area contributed by atoms with Gasteiger partial charge in [0.15, 0.2) is 34.5 Å². The Morgan fingerprint density at radius 3 is 0.458 bits per heavy atom. The Kier molecular flexibility index (Phi) is 24.0. The second-order valence-electron chi connectivity index (χ2n) is 18.7. The molecule has 9 aromatic carbocycles. The van der Waals surface area contributed by atoms with Gasteiger partial charge in [-0.1, -0.05) is 72.8 Å². The van der Waals surface area contributed by atoms with E-state index in [9.17, 15) is 60.3 Å². The molecule has 0 spiro atoms. The summed E-state index contributed by atoms with van der Waals surface area (Å²) in [4.78, 5) is 72.6. The van der Waals surface area contributed by atoms with E-state index in [4.69, 9.17) is 56.8 Å². The third-order valence-corrected chi connectivity index (χ3v) is 13.0. The monoisotopic (exact) mass is 1280 g/mol. The van der Waals surface area contributed by atoms with Crippen molar-refractivity contribution in [2.45, 2.75) is 0 Å². The molecule has 96 heavy (non-hydrogen) atoms. The molecule has 0 saturated carbocycles. The molecule has 24 heteroatoms. The van der Waals surface area contributed by atoms with Crippen molar-refractivity contribution in [2.24, 2.45) is 0 Å². The van der Waals surface area contributed by atoms with Crippen molar-refractivity contribution < 1.29 is 85.6 Å². The van der Waals surface area contributed by atoms with Crippen LogP contribution in [0.5, 0.6) is 69.0 Å². The van der Waals surface area contributed by atoms with Crippen molar-refractivity contribution in [3.63, 3.8) is 0 Å². The number of nitrogens with zero attached hydrogens (tertiary/aromatic N) is 6. The second kappa shape index (κ2) is 33.4. The molecule has 0 saturated heterocycles. The lowest BCUT2D eigenvalue weighted by Crippen LogP contribution is -2.05. The van der Waals surface area contributed by atoms with E-state index in [2.05, 4.69) is 0 Å². The molecule has 0 bridgehead atoms. The summed E-state index contributed by atoms with van der Waals surface area (Å²) < 4.78 is 64.1. The van der Waals surface area contributed by atoms with Crippen LogP contribution in [0.1, 0.15) is 95.5 Å². The fourth-order valence-corrected chi connectivity index (χ4v) is 8.43. The number of esters is 6. The Balaban J connectivity index is 0.000000203. The molecule has 0 aromatic heterocycles. The number of hydrogen-bond donors (Lipinski definition) is 0. The number of nitriles is 6. The van der Waals surface area contributed by atoms with Crippen molar-refractivity contribution in [2.75, 3.05) is 42.7 Å². The van der Waals surface area contributed by atoms with Crippen LogP contribution in [0.15, 0.2) is 182 Å². The zero-order chi connectivity index (χ0) is 69.3. The zero-order valence-electron chi connectivity index (χ0n) is 51.4. The number of methoxy groups -OCH3 is 6. The summed E-state index contributed by atoms with van der Waals surface area (Å²) >= 11 is 0. The summed E-state index contributed by atoms with van der Waals surface area (Å²) in [6, 6.07) is 57.7. The first-order valence-electron chi connectivity index (χ1n) is 27.6. The molecule has 24 nitrogen and oxygen atoms in total. The Hall–Kier alpha value is -14.5. The Morgan fingerprint density at radius 2 is 0.344 bits per heavy atom. The van der Waals surface area contributed by atoms with Crippen molar-refractivity contribution in [1.82, 2.24) is 0 Å². The van der Waals surface area contributed by atoms with Gasteiger partial charge in [0.25, 0.3) is 0 Å². The third-order valence-electron chi connectivity index (χ3n) is 13.0. The quantitative estimate of drug-likeness (QED) is 0.0569. The maximum absolute atomic E-state index is 12.1. The van der Waals surface area contributed by atoms with E-state index in [1.54, 1.807) is 109 Å². The van der Waals surface area contributed by atoms with E-state index in [1.807, 2.05) is 36.4 Å². The van der Waals surface area contributed by atoms with Crippen LogP contribution in [-0.4, -0.2) is 78.5 Å². The van der Waals surface area contributed by atoms with Crippen LogP contribution in [0, 0.1) is 68.0 Å². The number of benzene rings is 9. The molecule has 0 atom stereocenters. The van der Waals surface area contributed by atoms with E-state index in [-0.39, 0.29) is 136 Å². The fourth-order valence-electron chi connectivity index (χ4n) is 8.43. The SMILES string of the molecule is COC(=O)c1ccccc1Oc1cc(C#N)c(C#N)cc1Oc1ccccc1C(=O)OC.COC(=O)c1ccccc1Oc1cc(C#N)c(C#N)cc1Oc1ccccc1C(=O)OC.COC(=O)c1ccccc1Oc1cc(C#N)c(C#N)cc1Oc1ccccc1C(=O)OC. The van der Waals surface area contributed by atoms with Crippen LogP contribution >= 0.6 is 0 Å². The Labute approximate surface area is 547 Å². The van der Waals surface area contributed by atoms with Gasteiger partial charge in [0.2, 0.25) is 0 Å². The van der Waals surface area contributed by atoms with Crippen LogP contribution in [0.2, 0.25) is 0 Å². The van der Waals surface area contributed by atoms with Gasteiger partial charge in [-0.3, -0.25) is 0 Å². The van der Waals surface area contributed by atoms with Crippen LogP contribution in [-0.2, 0) is 28.4 Å². The number of carbonyl (C=O) groups is 6. The average molecular weight is 1290 g/mol. The third kappa shape index (κ3) is 16.7. The highest BCUT2D eigenvalue weighted by molar-refractivity contribution is 5.96. The molecular formula is C72H48N6O18. The highest BCUT2D eigenvalue weighted by atomic mass is 16.6. The predicted octanol–water partition coefficient (Wildman–Crippen LogP) is 13.8. The molecule has 0 N–H and O–H groups in total. The Morgan fingerprint density at radius 1 is 0.219 bits per heavy atom. The van der Waals surface area contributed by atoms with E-state index < -0.39 is 35.8 Å². The number of rotatable bonds is 18. The number of hydrogen-bond acceptors (Lipinski definition) is 24. The summed E-state index contributed by atoms with van der Waals surface area (Å²) in [7, 11) is 7.46. The van der Waals surface area contributed by atoms with E-state index in [0.717, 1.165) is 0 Å². The van der Waals surface area contributed by atoms with Gasteiger partial charge < -0.3 is 56.8 Å².